The minimum atomic E-state index is -0.827. The number of aliphatic hydroxyl groups is 3. The highest BCUT2D eigenvalue weighted by Crippen LogP contribution is 2.62. The lowest BCUT2D eigenvalue weighted by molar-refractivity contribution is -0.119. The lowest BCUT2D eigenvalue weighted by Crippen LogP contribution is -2.37. The molecule has 0 heterocycles. The maximum atomic E-state index is 13.0. The summed E-state index contributed by atoms with van der Waals surface area (Å²) in [6.45, 7) is 6.07. The summed E-state index contributed by atoms with van der Waals surface area (Å²) in [4.78, 5) is 13.0. The lowest BCUT2D eigenvalue weighted by Gasteiger charge is -2.46. The van der Waals surface area contributed by atoms with Crippen LogP contribution in [0.1, 0.15) is 65.7 Å². The third-order valence-electron chi connectivity index (χ3n) is 8.44. The number of carbonyl (C=O) groups is 1. The van der Waals surface area contributed by atoms with E-state index in [1.165, 1.54) is 16.7 Å². The highest BCUT2D eigenvalue weighted by atomic mass is 16.3. The Morgan fingerprint density at radius 2 is 2.03 bits per heavy atom. The van der Waals surface area contributed by atoms with Gasteiger partial charge in [-0.2, -0.15) is 0 Å². The molecular weight excluding hydrogens is 364 g/mol. The van der Waals surface area contributed by atoms with E-state index in [0.29, 0.717) is 30.6 Å². The van der Waals surface area contributed by atoms with Crippen molar-refractivity contribution in [3.8, 4) is 0 Å². The van der Waals surface area contributed by atoms with Crippen molar-refractivity contribution in [1.29, 1.82) is 0 Å². The molecule has 0 spiro atoms. The van der Waals surface area contributed by atoms with Crippen molar-refractivity contribution in [3.05, 3.63) is 34.9 Å². The average molecular weight is 401 g/mol. The number of rotatable bonds is 3. The molecule has 4 rings (SSSR count). The quantitative estimate of drug-likeness (QED) is 0.631. The topological polar surface area (TPSA) is 77.8 Å². The highest BCUT2D eigenvalue weighted by molar-refractivity contribution is 5.93. The van der Waals surface area contributed by atoms with Gasteiger partial charge in [0.15, 0.2) is 5.78 Å². The molecule has 4 heteroatoms. The van der Waals surface area contributed by atoms with Crippen LogP contribution in [-0.4, -0.2) is 39.4 Å². The van der Waals surface area contributed by atoms with E-state index in [0.717, 1.165) is 32.1 Å². The summed E-state index contributed by atoms with van der Waals surface area (Å²) < 4.78 is 0. The van der Waals surface area contributed by atoms with E-state index in [4.69, 9.17) is 0 Å². The van der Waals surface area contributed by atoms with E-state index in [2.05, 4.69) is 19.9 Å². The normalized spacial score (nSPS) is 42.1. The zero-order valence-electron chi connectivity index (χ0n) is 18.0. The summed E-state index contributed by atoms with van der Waals surface area (Å²) in [5.74, 6) is 1.27. The number of fused-ring (bicyclic) bond motifs is 6. The first kappa shape index (κ1) is 21.0. The van der Waals surface area contributed by atoms with Crippen LogP contribution < -0.4 is 0 Å². The monoisotopic (exact) mass is 400 g/mol. The van der Waals surface area contributed by atoms with Crippen LogP contribution in [-0.2, 0) is 4.79 Å². The summed E-state index contributed by atoms with van der Waals surface area (Å²) >= 11 is 0. The number of allylic oxidation sites excluding steroid dienone is 4. The molecule has 0 radical (unpaired) electrons. The summed E-state index contributed by atoms with van der Waals surface area (Å²) in [7, 11) is 0. The van der Waals surface area contributed by atoms with Gasteiger partial charge >= 0.3 is 0 Å². The van der Waals surface area contributed by atoms with Gasteiger partial charge in [0.2, 0.25) is 0 Å². The molecule has 0 saturated heterocycles. The fourth-order valence-electron chi connectivity index (χ4n) is 6.82. The van der Waals surface area contributed by atoms with Gasteiger partial charge in [-0.15, -0.1) is 0 Å². The van der Waals surface area contributed by atoms with Crippen LogP contribution in [0.3, 0.4) is 0 Å². The standard InChI is InChI=1S/C25H36O4/c1-14(10-23(28)15(2)26)21-6-7-22-20-13-24(29)17-11-16(4-5-18(27)12-17)19(20)8-9-25(21,22)3/h4,10,13,15,17-19,21-23,26-28H,5-9,11-12H2,1-3H3/b14-10+/t15-,17-,18-,19+,21-,22-,23+,25+/m0/s1. The molecule has 2 bridgehead atoms. The molecule has 0 amide bonds. The second-order valence-corrected chi connectivity index (χ2v) is 10.3. The Morgan fingerprint density at radius 1 is 1.28 bits per heavy atom. The molecule has 160 valence electrons. The third-order valence-corrected chi connectivity index (χ3v) is 8.44. The molecule has 0 aromatic heterocycles. The smallest absolute Gasteiger partial charge is 0.159 e. The Kier molecular flexibility index (Phi) is 5.65. The molecule has 4 aliphatic rings. The Morgan fingerprint density at radius 3 is 2.76 bits per heavy atom. The summed E-state index contributed by atoms with van der Waals surface area (Å²) in [5.41, 5.74) is 3.97. The van der Waals surface area contributed by atoms with E-state index in [1.807, 2.05) is 12.2 Å². The van der Waals surface area contributed by atoms with Gasteiger partial charge in [0.25, 0.3) is 0 Å². The Hall–Kier alpha value is -1.23. The van der Waals surface area contributed by atoms with Crippen LogP contribution in [0.2, 0.25) is 0 Å². The van der Waals surface area contributed by atoms with Gasteiger partial charge in [-0.1, -0.05) is 35.8 Å². The summed E-state index contributed by atoms with van der Waals surface area (Å²) in [6.07, 6.45) is 10.4. The van der Waals surface area contributed by atoms with Crippen molar-refractivity contribution in [2.24, 2.45) is 29.1 Å². The van der Waals surface area contributed by atoms with Crippen molar-refractivity contribution >= 4 is 5.78 Å². The van der Waals surface area contributed by atoms with Crippen LogP contribution >= 0.6 is 0 Å². The van der Waals surface area contributed by atoms with Crippen molar-refractivity contribution < 1.29 is 20.1 Å². The van der Waals surface area contributed by atoms with Crippen molar-refractivity contribution in [1.82, 2.24) is 0 Å². The predicted molar refractivity (Wildman–Crippen MR) is 113 cm³/mol. The second-order valence-electron chi connectivity index (χ2n) is 10.3. The van der Waals surface area contributed by atoms with Crippen LogP contribution in [0.5, 0.6) is 0 Å². The van der Waals surface area contributed by atoms with Crippen LogP contribution in [0.15, 0.2) is 34.9 Å². The fourth-order valence-corrected chi connectivity index (χ4v) is 6.82. The first-order chi connectivity index (χ1) is 13.7. The summed E-state index contributed by atoms with van der Waals surface area (Å²) in [5, 5.41) is 30.0. The van der Waals surface area contributed by atoms with Gasteiger partial charge in [-0.05, 0) is 82.1 Å². The average Bonchev–Trinajstić information content (AvgIpc) is 2.80. The third kappa shape index (κ3) is 3.68. The van der Waals surface area contributed by atoms with Crippen LogP contribution in [0.25, 0.3) is 0 Å². The van der Waals surface area contributed by atoms with E-state index in [9.17, 15) is 20.1 Å². The first-order valence-electron chi connectivity index (χ1n) is 11.4. The maximum Gasteiger partial charge on any atom is 0.159 e. The molecule has 0 aliphatic heterocycles. The molecule has 2 fully saturated rings. The van der Waals surface area contributed by atoms with E-state index < -0.39 is 18.3 Å². The highest BCUT2D eigenvalue weighted by Gasteiger charge is 2.53. The van der Waals surface area contributed by atoms with Gasteiger partial charge in [-0.3, -0.25) is 4.79 Å². The number of hydrogen-bond acceptors (Lipinski definition) is 4. The zero-order chi connectivity index (χ0) is 20.9. The fraction of sp³-hybridized carbons (Fsp3) is 0.720. The number of hydrogen-bond donors (Lipinski definition) is 3. The van der Waals surface area contributed by atoms with Crippen LogP contribution in [0, 0.1) is 29.1 Å². The van der Waals surface area contributed by atoms with E-state index >= 15 is 0 Å². The lowest BCUT2D eigenvalue weighted by atomic mass is 9.58. The minimum Gasteiger partial charge on any atom is -0.393 e. The van der Waals surface area contributed by atoms with Gasteiger partial charge < -0.3 is 15.3 Å². The first-order valence-corrected chi connectivity index (χ1v) is 11.4. The van der Waals surface area contributed by atoms with Gasteiger partial charge in [0.1, 0.15) is 0 Å². The number of aliphatic hydroxyl groups excluding tert-OH is 3. The van der Waals surface area contributed by atoms with Crippen molar-refractivity contribution in [2.75, 3.05) is 0 Å². The Bertz CT molecular complexity index is 761. The van der Waals surface area contributed by atoms with Crippen molar-refractivity contribution in [3.63, 3.8) is 0 Å². The minimum absolute atomic E-state index is 0.0665. The molecule has 0 aromatic carbocycles. The molecule has 8 atom stereocenters. The molecular formula is C25H36O4. The van der Waals surface area contributed by atoms with Gasteiger partial charge in [0, 0.05) is 11.8 Å². The predicted octanol–water partition coefficient (Wildman–Crippen LogP) is 3.71. The molecule has 4 aliphatic carbocycles. The second kappa shape index (κ2) is 7.79. The zero-order valence-corrected chi connectivity index (χ0v) is 18.0. The molecule has 2 saturated carbocycles. The molecule has 4 nitrogen and oxygen atoms in total. The van der Waals surface area contributed by atoms with Crippen LogP contribution in [0.4, 0.5) is 0 Å². The Labute approximate surface area is 174 Å². The molecule has 29 heavy (non-hydrogen) atoms. The van der Waals surface area contributed by atoms with Crippen molar-refractivity contribution in [2.45, 2.75) is 84.0 Å². The molecule has 3 N–H and O–H groups in total. The Balaban J connectivity index is 1.66. The van der Waals surface area contributed by atoms with Gasteiger partial charge in [0.05, 0.1) is 18.3 Å². The molecule has 0 aromatic rings. The van der Waals surface area contributed by atoms with E-state index in [-0.39, 0.29) is 17.1 Å². The molecule has 0 unspecified atom stereocenters. The SMILES string of the molecule is C/C(=C\[C@@H](O)[C@H](C)O)[C@@H]1CC[C@H]2C3=CC(=O)[C@H]4CC(=CC[C@H](O)C4)[C@H]3CC[C@@]21C. The summed E-state index contributed by atoms with van der Waals surface area (Å²) in [6, 6.07) is 0. The maximum absolute atomic E-state index is 13.0. The largest absolute Gasteiger partial charge is 0.393 e. The van der Waals surface area contributed by atoms with Gasteiger partial charge in [-0.25, -0.2) is 0 Å². The number of ketones is 1. The number of carbonyl (C=O) groups excluding carboxylic acids is 1. The van der Waals surface area contributed by atoms with E-state index in [1.54, 1.807) is 6.92 Å².